The smallest absolute Gasteiger partial charge is 0.408 e. The third-order valence-corrected chi connectivity index (χ3v) is 3.75. The van der Waals surface area contributed by atoms with E-state index in [1.165, 1.54) is 0 Å². The Labute approximate surface area is 122 Å². The molecule has 2 aliphatic rings. The van der Waals surface area contributed by atoms with Gasteiger partial charge in [-0.3, -0.25) is 0 Å². The first-order valence-electron chi connectivity index (χ1n) is 6.32. The zero-order valence-corrected chi connectivity index (χ0v) is 12.5. The molecule has 1 saturated carbocycles. The summed E-state index contributed by atoms with van der Waals surface area (Å²) in [7, 11) is 0. The number of carbonyl (C=O) groups is 1. The van der Waals surface area contributed by atoms with Gasteiger partial charge < -0.3 is 15.4 Å². The van der Waals surface area contributed by atoms with Crippen LogP contribution < -0.4 is 10.6 Å². The molecule has 2 rings (SSSR count). The minimum absolute atomic E-state index is 0. The quantitative estimate of drug-likeness (QED) is 0.781. The Morgan fingerprint density at radius 3 is 2.45 bits per heavy atom. The number of carbonyl (C=O) groups excluding carboxylic acids is 1. The number of ether oxygens (including phenoxy) is 1. The summed E-state index contributed by atoms with van der Waals surface area (Å²) in [6.45, 7) is 5.79. The fraction of sp³-hybridized carbons (Fsp3) is 0.917. The summed E-state index contributed by atoms with van der Waals surface area (Å²) in [6.07, 6.45) is -4.93. The van der Waals surface area contributed by atoms with Crippen molar-refractivity contribution in [2.75, 3.05) is 13.1 Å². The third kappa shape index (κ3) is 3.31. The van der Waals surface area contributed by atoms with Crippen molar-refractivity contribution >= 4 is 18.5 Å². The van der Waals surface area contributed by atoms with Crippen molar-refractivity contribution in [2.45, 2.75) is 44.5 Å². The molecule has 0 spiro atoms. The van der Waals surface area contributed by atoms with Crippen LogP contribution in [0.4, 0.5) is 18.0 Å². The summed E-state index contributed by atoms with van der Waals surface area (Å²) in [5.74, 6) is -1.93. The van der Waals surface area contributed by atoms with E-state index in [1.807, 2.05) is 0 Å². The third-order valence-electron chi connectivity index (χ3n) is 3.75. The van der Waals surface area contributed by atoms with Crippen LogP contribution in [-0.4, -0.2) is 36.5 Å². The van der Waals surface area contributed by atoms with Crippen LogP contribution in [0.2, 0.25) is 0 Å². The lowest BCUT2D eigenvalue weighted by Crippen LogP contribution is -2.67. The van der Waals surface area contributed by atoms with Crippen molar-refractivity contribution in [3.05, 3.63) is 0 Å². The fourth-order valence-corrected chi connectivity index (χ4v) is 2.94. The van der Waals surface area contributed by atoms with E-state index in [0.29, 0.717) is 6.54 Å². The van der Waals surface area contributed by atoms with Gasteiger partial charge in [0.25, 0.3) is 0 Å². The van der Waals surface area contributed by atoms with E-state index in [0.717, 1.165) is 0 Å². The molecule has 2 fully saturated rings. The Balaban J connectivity index is 0.00000200. The van der Waals surface area contributed by atoms with E-state index in [2.05, 4.69) is 10.6 Å². The van der Waals surface area contributed by atoms with Crippen LogP contribution in [0.5, 0.6) is 0 Å². The highest BCUT2D eigenvalue weighted by Gasteiger charge is 2.65. The first-order valence-corrected chi connectivity index (χ1v) is 6.32. The number of fused-ring (bicyclic) bond motifs is 1. The normalized spacial score (nSPS) is 32.7. The second kappa shape index (κ2) is 5.26. The van der Waals surface area contributed by atoms with E-state index >= 15 is 0 Å². The van der Waals surface area contributed by atoms with Crippen LogP contribution in [0, 0.1) is 11.8 Å². The summed E-state index contributed by atoms with van der Waals surface area (Å²) < 4.78 is 43.3. The van der Waals surface area contributed by atoms with Crippen molar-refractivity contribution in [2.24, 2.45) is 11.8 Å². The molecule has 20 heavy (non-hydrogen) atoms. The first kappa shape index (κ1) is 17.4. The van der Waals surface area contributed by atoms with Gasteiger partial charge in [-0.15, -0.1) is 12.4 Å². The van der Waals surface area contributed by atoms with Gasteiger partial charge in [-0.1, -0.05) is 0 Å². The molecule has 4 nitrogen and oxygen atoms in total. The van der Waals surface area contributed by atoms with Crippen molar-refractivity contribution in [3.63, 3.8) is 0 Å². The van der Waals surface area contributed by atoms with E-state index in [4.69, 9.17) is 4.74 Å². The zero-order chi connectivity index (χ0) is 14.5. The SMILES string of the molecule is CC(C)(C)OC(=O)N[C@@]12CNC[C@@H]1[C@@H](C(F)(F)F)C2.Cl. The minimum Gasteiger partial charge on any atom is -0.444 e. The van der Waals surface area contributed by atoms with Crippen molar-refractivity contribution < 1.29 is 22.7 Å². The highest BCUT2D eigenvalue weighted by atomic mass is 35.5. The second-order valence-corrected chi connectivity index (χ2v) is 6.37. The van der Waals surface area contributed by atoms with E-state index in [-0.39, 0.29) is 25.4 Å². The molecule has 1 amide bonds. The lowest BCUT2D eigenvalue weighted by Gasteiger charge is -2.51. The lowest BCUT2D eigenvalue weighted by molar-refractivity contribution is -0.227. The van der Waals surface area contributed by atoms with Crippen LogP contribution in [-0.2, 0) is 4.74 Å². The molecule has 1 aliphatic heterocycles. The fourth-order valence-electron chi connectivity index (χ4n) is 2.94. The molecule has 0 bridgehead atoms. The summed E-state index contributed by atoms with van der Waals surface area (Å²) in [4.78, 5) is 11.7. The van der Waals surface area contributed by atoms with Crippen molar-refractivity contribution in [1.29, 1.82) is 0 Å². The molecule has 1 saturated heterocycles. The summed E-state index contributed by atoms with van der Waals surface area (Å²) in [5.41, 5.74) is -1.46. The molecular formula is C12H20ClF3N2O2. The van der Waals surface area contributed by atoms with Gasteiger partial charge in [-0.25, -0.2) is 4.79 Å². The van der Waals surface area contributed by atoms with Gasteiger partial charge in [0.15, 0.2) is 0 Å². The van der Waals surface area contributed by atoms with Gasteiger partial charge in [-0.2, -0.15) is 13.2 Å². The molecule has 2 N–H and O–H groups in total. The highest BCUT2D eigenvalue weighted by molar-refractivity contribution is 5.85. The van der Waals surface area contributed by atoms with Crippen molar-refractivity contribution in [3.8, 4) is 0 Å². The number of alkyl carbamates (subject to hydrolysis) is 1. The highest BCUT2D eigenvalue weighted by Crippen LogP contribution is 2.53. The Morgan fingerprint density at radius 1 is 1.35 bits per heavy atom. The average Bonchev–Trinajstić information content (AvgIpc) is 2.40. The Hall–Kier alpha value is -0.690. The molecule has 3 atom stereocenters. The number of nitrogens with one attached hydrogen (secondary N) is 2. The largest absolute Gasteiger partial charge is 0.444 e. The maximum atomic E-state index is 12.7. The molecule has 0 radical (unpaired) electrons. The Kier molecular flexibility index (Phi) is 4.56. The molecule has 0 aromatic heterocycles. The van der Waals surface area contributed by atoms with Crippen LogP contribution in [0.15, 0.2) is 0 Å². The molecule has 0 unspecified atom stereocenters. The Bertz CT molecular complexity index is 384. The Morgan fingerprint density at radius 2 is 1.95 bits per heavy atom. The van der Waals surface area contributed by atoms with E-state index in [1.54, 1.807) is 20.8 Å². The second-order valence-electron chi connectivity index (χ2n) is 6.37. The topological polar surface area (TPSA) is 50.4 Å². The predicted octanol–water partition coefficient (Wildman–Crippen LogP) is 2.47. The average molecular weight is 317 g/mol. The molecule has 1 heterocycles. The number of alkyl halides is 3. The summed E-state index contributed by atoms with van der Waals surface area (Å²) in [6, 6.07) is 0. The standard InChI is InChI=1S/C12H19F3N2O2.ClH/c1-10(2,3)19-9(18)17-11-4-7(12(13,14)15)8(11)5-16-6-11;/h7-8,16H,4-6H2,1-3H3,(H,17,18);1H/t7-,8+,11-;/m0./s1. The molecule has 0 aromatic rings. The van der Waals surface area contributed by atoms with Crippen LogP contribution in [0.3, 0.4) is 0 Å². The number of hydrogen-bond donors (Lipinski definition) is 2. The first-order chi connectivity index (χ1) is 8.54. The van der Waals surface area contributed by atoms with E-state index < -0.39 is 35.2 Å². The van der Waals surface area contributed by atoms with Gasteiger partial charge in [0.2, 0.25) is 0 Å². The van der Waals surface area contributed by atoms with Gasteiger partial charge in [0.05, 0.1) is 11.5 Å². The monoisotopic (exact) mass is 316 g/mol. The molecule has 0 aromatic carbocycles. The lowest BCUT2D eigenvalue weighted by atomic mass is 9.60. The van der Waals surface area contributed by atoms with Crippen LogP contribution >= 0.6 is 12.4 Å². The number of amides is 1. The molecule has 118 valence electrons. The van der Waals surface area contributed by atoms with Gasteiger partial charge in [-0.05, 0) is 27.2 Å². The van der Waals surface area contributed by atoms with Crippen LogP contribution in [0.25, 0.3) is 0 Å². The van der Waals surface area contributed by atoms with E-state index in [9.17, 15) is 18.0 Å². The summed E-state index contributed by atoms with van der Waals surface area (Å²) >= 11 is 0. The van der Waals surface area contributed by atoms with Gasteiger partial charge >= 0.3 is 12.3 Å². The minimum atomic E-state index is -4.20. The number of rotatable bonds is 1. The molecule has 1 aliphatic carbocycles. The zero-order valence-electron chi connectivity index (χ0n) is 11.6. The molecular weight excluding hydrogens is 297 g/mol. The maximum absolute atomic E-state index is 12.7. The van der Waals surface area contributed by atoms with Gasteiger partial charge in [0, 0.05) is 19.0 Å². The maximum Gasteiger partial charge on any atom is 0.408 e. The molecule has 8 heteroatoms. The number of hydrogen-bond acceptors (Lipinski definition) is 3. The van der Waals surface area contributed by atoms with Gasteiger partial charge in [0.1, 0.15) is 5.60 Å². The summed E-state index contributed by atoms with van der Waals surface area (Å²) in [5, 5.41) is 5.55. The number of halogens is 4. The van der Waals surface area contributed by atoms with Crippen molar-refractivity contribution in [1.82, 2.24) is 10.6 Å². The predicted molar refractivity (Wildman–Crippen MR) is 69.9 cm³/mol. The van der Waals surface area contributed by atoms with Crippen LogP contribution in [0.1, 0.15) is 27.2 Å².